The number of piperidine rings is 1. The summed E-state index contributed by atoms with van der Waals surface area (Å²) in [5.74, 6) is -0.733. The Kier molecular flexibility index (Phi) is 8.22. The minimum Gasteiger partial charge on any atom is -0.481 e. The highest BCUT2D eigenvalue weighted by atomic mass is 16.5. The van der Waals surface area contributed by atoms with Crippen LogP contribution in [-0.2, 0) is 19.1 Å². The molecule has 1 N–H and O–H groups in total. The van der Waals surface area contributed by atoms with Crippen LogP contribution in [0, 0.1) is 0 Å². The van der Waals surface area contributed by atoms with Crippen molar-refractivity contribution in [3.05, 3.63) is 0 Å². The van der Waals surface area contributed by atoms with Crippen molar-refractivity contribution in [2.75, 3.05) is 33.5 Å². The lowest BCUT2D eigenvalue weighted by Gasteiger charge is -2.35. The van der Waals surface area contributed by atoms with Crippen molar-refractivity contribution in [1.29, 1.82) is 0 Å². The lowest BCUT2D eigenvalue weighted by molar-refractivity contribution is -0.140. The van der Waals surface area contributed by atoms with Crippen LogP contribution < -0.4 is 0 Å². The van der Waals surface area contributed by atoms with E-state index >= 15 is 0 Å². The molecule has 1 aliphatic heterocycles. The van der Waals surface area contributed by atoms with E-state index in [1.165, 1.54) is 0 Å². The number of carboxylic acids is 1. The molecule has 0 spiro atoms. The summed E-state index contributed by atoms with van der Waals surface area (Å²) in [6.45, 7) is 2.15. The molecule has 116 valence electrons. The molecule has 0 aromatic heterocycles. The number of likely N-dealkylation sites (tertiary alicyclic amines) is 1. The van der Waals surface area contributed by atoms with E-state index in [1.807, 2.05) is 4.90 Å². The summed E-state index contributed by atoms with van der Waals surface area (Å²) in [7, 11) is 1.61. The van der Waals surface area contributed by atoms with Gasteiger partial charge in [-0.05, 0) is 25.7 Å². The first kappa shape index (κ1) is 16.9. The Bertz CT molecular complexity index is 308. The van der Waals surface area contributed by atoms with E-state index in [1.54, 1.807) is 7.11 Å². The van der Waals surface area contributed by atoms with Gasteiger partial charge >= 0.3 is 5.97 Å². The molecule has 6 heteroatoms. The minimum absolute atomic E-state index is 0.0671. The molecule has 1 rings (SSSR count). The van der Waals surface area contributed by atoms with Crippen molar-refractivity contribution < 1.29 is 24.2 Å². The Hall–Kier alpha value is -1.14. The van der Waals surface area contributed by atoms with E-state index in [0.29, 0.717) is 32.7 Å². The van der Waals surface area contributed by atoms with Crippen molar-refractivity contribution >= 4 is 11.9 Å². The number of hydrogen-bond acceptors (Lipinski definition) is 4. The lowest BCUT2D eigenvalue weighted by Crippen LogP contribution is -2.44. The van der Waals surface area contributed by atoms with Gasteiger partial charge in [0.1, 0.15) is 0 Å². The van der Waals surface area contributed by atoms with Crippen molar-refractivity contribution in [3.8, 4) is 0 Å². The topological polar surface area (TPSA) is 76.1 Å². The van der Waals surface area contributed by atoms with Crippen molar-refractivity contribution in [3.63, 3.8) is 0 Å². The highest BCUT2D eigenvalue weighted by Crippen LogP contribution is 2.21. The standard InChI is InChI=1S/C14H25NO5/c1-19-10-11-20-9-7-13(16)15-8-3-2-4-12(15)5-6-14(17)18/h12H,2-11H2,1H3,(H,17,18). The van der Waals surface area contributed by atoms with Crippen LogP contribution in [0.2, 0.25) is 0 Å². The molecular formula is C14H25NO5. The predicted octanol–water partition coefficient (Wildman–Crippen LogP) is 1.29. The van der Waals surface area contributed by atoms with Gasteiger partial charge in [-0.25, -0.2) is 0 Å². The maximum Gasteiger partial charge on any atom is 0.303 e. The van der Waals surface area contributed by atoms with Gasteiger partial charge in [-0.1, -0.05) is 0 Å². The average molecular weight is 287 g/mol. The van der Waals surface area contributed by atoms with Gasteiger partial charge in [-0.3, -0.25) is 9.59 Å². The van der Waals surface area contributed by atoms with Crippen LogP contribution in [0.15, 0.2) is 0 Å². The molecule has 1 aliphatic rings. The number of nitrogens with zero attached hydrogens (tertiary/aromatic N) is 1. The van der Waals surface area contributed by atoms with E-state index in [9.17, 15) is 9.59 Å². The zero-order chi connectivity index (χ0) is 14.8. The first-order chi connectivity index (χ1) is 9.65. The van der Waals surface area contributed by atoms with Crippen LogP contribution >= 0.6 is 0 Å². The molecule has 1 atom stereocenters. The number of ether oxygens (including phenoxy) is 2. The fraction of sp³-hybridized carbons (Fsp3) is 0.857. The summed E-state index contributed by atoms with van der Waals surface area (Å²) in [6.07, 6.45) is 4.00. The summed E-state index contributed by atoms with van der Waals surface area (Å²) in [5, 5.41) is 8.76. The maximum absolute atomic E-state index is 12.2. The number of hydrogen-bond donors (Lipinski definition) is 1. The second-order valence-electron chi connectivity index (χ2n) is 5.02. The van der Waals surface area contributed by atoms with Crippen LogP contribution in [0.25, 0.3) is 0 Å². The van der Waals surface area contributed by atoms with E-state index in [2.05, 4.69) is 0 Å². The largest absolute Gasteiger partial charge is 0.481 e. The van der Waals surface area contributed by atoms with Gasteiger partial charge in [0.2, 0.25) is 5.91 Å². The molecule has 1 saturated heterocycles. The lowest BCUT2D eigenvalue weighted by atomic mass is 9.97. The van der Waals surface area contributed by atoms with E-state index in [4.69, 9.17) is 14.6 Å². The molecule has 0 aromatic rings. The second kappa shape index (κ2) is 9.72. The van der Waals surface area contributed by atoms with Crippen molar-refractivity contribution in [1.82, 2.24) is 4.90 Å². The zero-order valence-electron chi connectivity index (χ0n) is 12.2. The smallest absolute Gasteiger partial charge is 0.303 e. The van der Waals surface area contributed by atoms with Crippen LogP contribution in [0.5, 0.6) is 0 Å². The van der Waals surface area contributed by atoms with E-state index in [0.717, 1.165) is 25.8 Å². The van der Waals surface area contributed by atoms with Crippen molar-refractivity contribution in [2.24, 2.45) is 0 Å². The number of rotatable bonds is 9. The first-order valence-corrected chi connectivity index (χ1v) is 7.23. The fourth-order valence-corrected chi connectivity index (χ4v) is 2.47. The first-order valence-electron chi connectivity index (χ1n) is 7.23. The maximum atomic E-state index is 12.2. The third-order valence-electron chi connectivity index (χ3n) is 3.53. The Morgan fingerprint density at radius 1 is 1.20 bits per heavy atom. The number of carbonyl (C=O) groups excluding carboxylic acids is 1. The van der Waals surface area contributed by atoms with Gasteiger partial charge in [0.25, 0.3) is 0 Å². The molecule has 0 aliphatic carbocycles. The Labute approximate surface area is 120 Å². The molecule has 0 aromatic carbocycles. The number of aliphatic carboxylic acids is 1. The highest BCUT2D eigenvalue weighted by Gasteiger charge is 2.26. The van der Waals surface area contributed by atoms with E-state index < -0.39 is 5.97 Å². The zero-order valence-corrected chi connectivity index (χ0v) is 12.2. The summed E-state index contributed by atoms with van der Waals surface area (Å²) in [4.78, 5) is 24.6. The van der Waals surface area contributed by atoms with Crippen molar-refractivity contribution in [2.45, 2.75) is 44.6 Å². The summed E-state index contributed by atoms with van der Waals surface area (Å²) >= 11 is 0. The van der Waals surface area contributed by atoms with Gasteiger partial charge in [-0.15, -0.1) is 0 Å². The molecule has 1 unspecified atom stereocenters. The predicted molar refractivity (Wildman–Crippen MR) is 73.5 cm³/mol. The SMILES string of the molecule is COCCOCCC(=O)N1CCCCC1CCC(=O)O. The molecule has 20 heavy (non-hydrogen) atoms. The number of methoxy groups -OCH3 is 1. The van der Waals surface area contributed by atoms with Gasteiger partial charge in [0.15, 0.2) is 0 Å². The Morgan fingerprint density at radius 2 is 2.00 bits per heavy atom. The number of amides is 1. The molecule has 6 nitrogen and oxygen atoms in total. The monoisotopic (exact) mass is 287 g/mol. The number of carbonyl (C=O) groups is 2. The quantitative estimate of drug-likeness (QED) is 0.647. The molecule has 1 heterocycles. The summed E-state index contributed by atoms with van der Waals surface area (Å²) < 4.78 is 10.2. The highest BCUT2D eigenvalue weighted by molar-refractivity contribution is 5.76. The second-order valence-corrected chi connectivity index (χ2v) is 5.02. The summed E-state index contributed by atoms with van der Waals surface area (Å²) in [5.41, 5.74) is 0. The molecule has 1 fully saturated rings. The molecular weight excluding hydrogens is 262 g/mol. The minimum atomic E-state index is -0.800. The summed E-state index contributed by atoms with van der Waals surface area (Å²) in [6, 6.07) is 0.0753. The number of carboxylic acid groups (broad SMARTS) is 1. The molecule has 0 saturated carbocycles. The Balaban J connectivity index is 2.32. The van der Waals surface area contributed by atoms with Crippen LogP contribution in [0.3, 0.4) is 0 Å². The fourth-order valence-electron chi connectivity index (χ4n) is 2.47. The van der Waals surface area contributed by atoms with E-state index in [-0.39, 0.29) is 18.4 Å². The van der Waals surface area contributed by atoms with Crippen LogP contribution in [-0.4, -0.2) is 61.4 Å². The average Bonchev–Trinajstić information content (AvgIpc) is 2.45. The van der Waals surface area contributed by atoms with Gasteiger partial charge in [0, 0.05) is 26.1 Å². The van der Waals surface area contributed by atoms with Crippen LogP contribution in [0.1, 0.15) is 38.5 Å². The normalized spacial score (nSPS) is 19.1. The van der Waals surface area contributed by atoms with Crippen LogP contribution in [0.4, 0.5) is 0 Å². The molecule has 1 amide bonds. The Morgan fingerprint density at radius 3 is 2.70 bits per heavy atom. The third-order valence-corrected chi connectivity index (χ3v) is 3.53. The van der Waals surface area contributed by atoms with Gasteiger partial charge < -0.3 is 19.5 Å². The molecule has 0 bridgehead atoms. The molecule has 0 radical (unpaired) electrons. The van der Waals surface area contributed by atoms with Gasteiger partial charge in [-0.2, -0.15) is 0 Å². The third kappa shape index (κ3) is 6.34. The van der Waals surface area contributed by atoms with Gasteiger partial charge in [0.05, 0.1) is 26.2 Å².